The monoisotopic (exact) mass is 177 g/mol. The summed E-state index contributed by atoms with van der Waals surface area (Å²) in [6.45, 7) is 0. The van der Waals surface area contributed by atoms with Gasteiger partial charge in [0.25, 0.3) is 0 Å². The van der Waals surface area contributed by atoms with Crippen molar-refractivity contribution < 1.29 is 9.90 Å². The molecule has 11 heavy (non-hydrogen) atoms. The molecule has 0 amide bonds. The molecule has 0 radical (unpaired) electrons. The molecule has 1 heterocycles. The van der Waals surface area contributed by atoms with Gasteiger partial charge in [0.15, 0.2) is 0 Å². The van der Waals surface area contributed by atoms with Crippen molar-refractivity contribution in [2.45, 2.75) is 0 Å². The zero-order chi connectivity index (χ0) is 7.72. The first-order valence-corrected chi connectivity index (χ1v) is 2.64. The summed E-state index contributed by atoms with van der Waals surface area (Å²) in [6.07, 6.45) is 0. The number of carbonyl (C=O) groups is 1. The van der Waals surface area contributed by atoms with Crippen LogP contribution in [0.4, 0.5) is 5.82 Å². The third-order valence-electron chi connectivity index (χ3n) is 1.12. The number of nitrogens with zero attached hydrogens (tertiary/aromatic N) is 2. The highest BCUT2D eigenvalue weighted by molar-refractivity contribution is 5.86. The SMILES string of the molecule is Cl.Cn1nc(N)cc1C(=O)O. The predicted octanol–water partition coefficient (Wildman–Crippen LogP) is 0.122. The number of carboxylic acids is 1. The number of nitrogens with two attached hydrogens (primary N) is 1. The molecule has 3 N–H and O–H groups in total. The van der Waals surface area contributed by atoms with Crippen LogP contribution in [0.1, 0.15) is 10.5 Å². The van der Waals surface area contributed by atoms with Gasteiger partial charge in [-0.3, -0.25) is 4.68 Å². The second-order valence-corrected chi connectivity index (χ2v) is 1.88. The van der Waals surface area contributed by atoms with Gasteiger partial charge in [-0.15, -0.1) is 12.4 Å². The Morgan fingerprint density at radius 2 is 2.36 bits per heavy atom. The molecule has 0 aromatic carbocycles. The molecule has 0 aliphatic carbocycles. The summed E-state index contributed by atoms with van der Waals surface area (Å²) in [5, 5.41) is 12.1. The topological polar surface area (TPSA) is 81.1 Å². The third-order valence-corrected chi connectivity index (χ3v) is 1.12. The largest absolute Gasteiger partial charge is 0.477 e. The molecular weight excluding hydrogens is 170 g/mol. The van der Waals surface area contributed by atoms with E-state index in [1.807, 2.05) is 0 Å². The molecule has 0 aliphatic rings. The highest BCUT2D eigenvalue weighted by atomic mass is 35.5. The van der Waals surface area contributed by atoms with Crippen LogP contribution in [-0.4, -0.2) is 20.9 Å². The van der Waals surface area contributed by atoms with Gasteiger partial charge in [-0.25, -0.2) is 4.79 Å². The van der Waals surface area contributed by atoms with Crippen LogP contribution in [0, 0.1) is 0 Å². The first-order valence-electron chi connectivity index (χ1n) is 2.64. The molecule has 0 aliphatic heterocycles. The number of hydrogen-bond acceptors (Lipinski definition) is 3. The summed E-state index contributed by atoms with van der Waals surface area (Å²) in [5.41, 5.74) is 5.32. The molecule has 0 bridgehead atoms. The standard InChI is InChI=1S/C5H7N3O2.ClH/c1-8-3(5(9)10)2-4(6)7-8;/h2H,1H3,(H2,6,7)(H,9,10);1H. The molecule has 62 valence electrons. The van der Waals surface area contributed by atoms with Crippen molar-refractivity contribution >= 4 is 24.2 Å². The minimum Gasteiger partial charge on any atom is -0.477 e. The number of aromatic nitrogens is 2. The number of carboxylic acid groups (broad SMARTS) is 1. The van der Waals surface area contributed by atoms with Crippen molar-refractivity contribution in [3.05, 3.63) is 11.8 Å². The fraction of sp³-hybridized carbons (Fsp3) is 0.200. The lowest BCUT2D eigenvalue weighted by molar-refractivity contribution is 0.0685. The van der Waals surface area contributed by atoms with E-state index < -0.39 is 5.97 Å². The van der Waals surface area contributed by atoms with E-state index in [2.05, 4.69) is 5.10 Å². The minimum atomic E-state index is -1.02. The smallest absolute Gasteiger partial charge is 0.354 e. The summed E-state index contributed by atoms with van der Waals surface area (Å²) in [4.78, 5) is 10.3. The van der Waals surface area contributed by atoms with Crippen LogP contribution in [-0.2, 0) is 7.05 Å². The Bertz CT molecular complexity index is 271. The van der Waals surface area contributed by atoms with Crippen LogP contribution >= 0.6 is 12.4 Å². The summed E-state index contributed by atoms with van der Waals surface area (Å²) >= 11 is 0. The number of hydrogen-bond donors (Lipinski definition) is 2. The van der Waals surface area contributed by atoms with Gasteiger partial charge in [0.05, 0.1) is 0 Å². The van der Waals surface area contributed by atoms with Crippen LogP contribution < -0.4 is 5.73 Å². The number of aryl methyl sites for hydroxylation is 1. The number of aromatic carboxylic acids is 1. The zero-order valence-corrected chi connectivity index (χ0v) is 6.63. The second-order valence-electron chi connectivity index (χ2n) is 1.88. The Kier molecular flexibility index (Phi) is 2.88. The highest BCUT2D eigenvalue weighted by Gasteiger charge is 2.08. The fourth-order valence-electron chi connectivity index (χ4n) is 0.690. The summed E-state index contributed by atoms with van der Waals surface area (Å²) in [7, 11) is 1.53. The Labute approximate surface area is 69.2 Å². The Morgan fingerprint density at radius 1 is 1.82 bits per heavy atom. The van der Waals surface area contributed by atoms with Gasteiger partial charge in [0.2, 0.25) is 0 Å². The number of anilines is 1. The maximum atomic E-state index is 10.3. The number of rotatable bonds is 1. The van der Waals surface area contributed by atoms with Crippen LogP contribution in [0.25, 0.3) is 0 Å². The van der Waals surface area contributed by atoms with Crippen molar-refractivity contribution in [2.75, 3.05) is 5.73 Å². The van der Waals surface area contributed by atoms with Gasteiger partial charge in [-0.05, 0) is 0 Å². The molecule has 0 fully saturated rings. The summed E-state index contributed by atoms with van der Waals surface area (Å²) in [5.74, 6) is -0.799. The first-order chi connectivity index (χ1) is 4.61. The van der Waals surface area contributed by atoms with Gasteiger partial charge < -0.3 is 10.8 Å². The van der Waals surface area contributed by atoms with Crippen molar-refractivity contribution in [1.82, 2.24) is 9.78 Å². The molecule has 0 spiro atoms. The van der Waals surface area contributed by atoms with Gasteiger partial charge in [-0.1, -0.05) is 0 Å². The molecular formula is C5H8ClN3O2. The van der Waals surface area contributed by atoms with Gasteiger partial charge in [0.1, 0.15) is 11.5 Å². The normalized spacial score (nSPS) is 8.82. The molecule has 0 saturated heterocycles. The van der Waals surface area contributed by atoms with E-state index in [-0.39, 0.29) is 23.9 Å². The Morgan fingerprint density at radius 3 is 2.55 bits per heavy atom. The van der Waals surface area contributed by atoms with Crippen LogP contribution in [0.2, 0.25) is 0 Å². The van der Waals surface area contributed by atoms with Gasteiger partial charge >= 0.3 is 5.97 Å². The van der Waals surface area contributed by atoms with E-state index >= 15 is 0 Å². The molecule has 0 unspecified atom stereocenters. The van der Waals surface area contributed by atoms with Crippen LogP contribution in [0.15, 0.2) is 6.07 Å². The minimum absolute atomic E-state index is 0. The molecule has 1 aromatic heterocycles. The van der Waals surface area contributed by atoms with Crippen LogP contribution in [0.3, 0.4) is 0 Å². The van der Waals surface area contributed by atoms with E-state index in [9.17, 15) is 4.79 Å². The number of halogens is 1. The van der Waals surface area contributed by atoms with E-state index in [1.165, 1.54) is 17.8 Å². The Hall–Kier alpha value is -1.23. The maximum Gasteiger partial charge on any atom is 0.354 e. The van der Waals surface area contributed by atoms with Gasteiger partial charge in [-0.2, -0.15) is 5.10 Å². The van der Waals surface area contributed by atoms with E-state index in [4.69, 9.17) is 10.8 Å². The fourth-order valence-corrected chi connectivity index (χ4v) is 0.690. The quantitative estimate of drug-likeness (QED) is 0.639. The van der Waals surface area contributed by atoms with E-state index in [1.54, 1.807) is 0 Å². The molecule has 0 atom stereocenters. The van der Waals surface area contributed by atoms with Gasteiger partial charge in [0, 0.05) is 13.1 Å². The molecule has 1 rings (SSSR count). The van der Waals surface area contributed by atoms with Crippen molar-refractivity contribution in [2.24, 2.45) is 7.05 Å². The summed E-state index contributed by atoms with van der Waals surface area (Å²) < 4.78 is 1.22. The molecule has 0 saturated carbocycles. The molecule has 5 nitrogen and oxygen atoms in total. The lowest BCUT2D eigenvalue weighted by Crippen LogP contribution is -2.04. The van der Waals surface area contributed by atoms with Crippen molar-refractivity contribution in [1.29, 1.82) is 0 Å². The highest BCUT2D eigenvalue weighted by Crippen LogP contribution is 2.02. The van der Waals surface area contributed by atoms with E-state index in [0.717, 1.165) is 0 Å². The lowest BCUT2D eigenvalue weighted by atomic mass is 10.4. The Balaban J connectivity index is 0.000001000. The van der Waals surface area contributed by atoms with E-state index in [0.29, 0.717) is 0 Å². The average Bonchev–Trinajstić information content (AvgIpc) is 2.10. The first kappa shape index (κ1) is 9.77. The van der Waals surface area contributed by atoms with Crippen molar-refractivity contribution in [3.8, 4) is 0 Å². The third kappa shape index (κ3) is 1.84. The maximum absolute atomic E-state index is 10.3. The average molecular weight is 178 g/mol. The number of nitrogen functional groups attached to an aromatic ring is 1. The summed E-state index contributed by atoms with van der Waals surface area (Å²) in [6, 6.07) is 1.31. The lowest BCUT2D eigenvalue weighted by Gasteiger charge is -1.90. The zero-order valence-electron chi connectivity index (χ0n) is 5.81. The molecule has 6 heteroatoms. The second kappa shape index (κ2) is 3.25. The van der Waals surface area contributed by atoms with Crippen LogP contribution in [0.5, 0.6) is 0 Å². The molecule has 1 aromatic rings. The predicted molar refractivity (Wildman–Crippen MR) is 41.8 cm³/mol. The van der Waals surface area contributed by atoms with Crippen molar-refractivity contribution in [3.63, 3.8) is 0 Å².